The van der Waals surface area contributed by atoms with E-state index < -0.39 is 0 Å². The van der Waals surface area contributed by atoms with Crippen molar-refractivity contribution in [2.24, 2.45) is 0 Å². The summed E-state index contributed by atoms with van der Waals surface area (Å²) >= 11 is 1.66. The zero-order chi connectivity index (χ0) is 14.2. The van der Waals surface area contributed by atoms with Gasteiger partial charge in [0, 0.05) is 29.5 Å². The summed E-state index contributed by atoms with van der Waals surface area (Å²) in [5.74, 6) is 2.08. The van der Waals surface area contributed by atoms with Crippen molar-refractivity contribution in [2.75, 3.05) is 0 Å². The quantitative estimate of drug-likeness (QED) is 0.879. The Morgan fingerprint density at radius 3 is 2.71 bits per heavy atom. The first kappa shape index (κ1) is 13.2. The Labute approximate surface area is 127 Å². The second kappa shape index (κ2) is 5.39. The van der Waals surface area contributed by atoms with Crippen LogP contribution in [0.3, 0.4) is 0 Å². The van der Waals surface area contributed by atoms with E-state index in [1.165, 1.54) is 41.9 Å². The molecule has 0 saturated heterocycles. The molecular formula is C16H16FN3S. The predicted molar refractivity (Wildman–Crippen MR) is 80.5 cm³/mol. The molecule has 21 heavy (non-hydrogen) atoms. The number of benzene rings is 1. The number of hydrogen-bond acceptors (Lipinski definition) is 4. The molecule has 0 atom stereocenters. The van der Waals surface area contributed by atoms with Crippen LogP contribution in [0.1, 0.15) is 41.5 Å². The van der Waals surface area contributed by atoms with Crippen molar-refractivity contribution < 1.29 is 4.39 Å². The fourth-order valence-electron chi connectivity index (χ4n) is 2.69. The van der Waals surface area contributed by atoms with Crippen LogP contribution >= 0.6 is 11.8 Å². The molecule has 4 rings (SSSR count). The highest BCUT2D eigenvalue weighted by Crippen LogP contribution is 2.42. The van der Waals surface area contributed by atoms with E-state index >= 15 is 0 Å². The Kier molecular flexibility index (Phi) is 3.39. The molecule has 0 spiro atoms. The Morgan fingerprint density at radius 1 is 1.14 bits per heavy atom. The van der Waals surface area contributed by atoms with E-state index in [0.717, 1.165) is 29.6 Å². The molecule has 5 heteroatoms. The van der Waals surface area contributed by atoms with Gasteiger partial charge in [0.1, 0.15) is 11.6 Å². The van der Waals surface area contributed by atoms with Gasteiger partial charge in [-0.25, -0.2) is 14.4 Å². The smallest absolute Gasteiger partial charge is 0.139 e. The average Bonchev–Trinajstić information content (AvgIpc) is 3.23. The minimum absolute atomic E-state index is 0.199. The third-order valence-corrected chi connectivity index (χ3v) is 4.92. The number of halogens is 1. The molecule has 2 aliphatic rings. The highest BCUT2D eigenvalue weighted by Gasteiger charge is 2.31. The zero-order valence-electron chi connectivity index (χ0n) is 11.6. The topological polar surface area (TPSA) is 37.8 Å². The molecule has 1 aliphatic heterocycles. The van der Waals surface area contributed by atoms with Gasteiger partial charge in [-0.3, -0.25) is 0 Å². The molecule has 1 aromatic carbocycles. The SMILES string of the molecule is Fc1ccc(SCc2nc3c(c(C4CC4)n2)CNC3)cc1. The second-order valence-electron chi connectivity index (χ2n) is 5.57. The van der Waals surface area contributed by atoms with Crippen LogP contribution in [0.25, 0.3) is 0 Å². The number of nitrogens with zero attached hydrogens (tertiary/aromatic N) is 2. The largest absolute Gasteiger partial charge is 0.307 e. The number of aromatic nitrogens is 2. The van der Waals surface area contributed by atoms with Gasteiger partial charge < -0.3 is 5.32 Å². The first-order chi connectivity index (χ1) is 10.3. The number of fused-ring (bicyclic) bond motifs is 1. The van der Waals surface area contributed by atoms with Crippen molar-refractivity contribution in [3.8, 4) is 0 Å². The van der Waals surface area contributed by atoms with E-state index in [1.807, 2.05) is 0 Å². The molecule has 0 radical (unpaired) electrons. The number of rotatable bonds is 4. The van der Waals surface area contributed by atoms with Crippen molar-refractivity contribution in [2.45, 2.75) is 42.5 Å². The average molecular weight is 301 g/mol. The lowest BCUT2D eigenvalue weighted by Crippen LogP contribution is -2.04. The van der Waals surface area contributed by atoms with E-state index in [0.29, 0.717) is 5.92 Å². The van der Waals surface area contributed by atoms with Crippen LogP contribution in [0.2, 0.25) is 0 Å². The summed E-state index contributed by atoms with van der Waals surface area (Å²) in [5, 5.41) is 3.37. The van der Waals surface area contributed by atoms with Crippen LogP contribution < -0.4 is 5.32 Å². The molecule has 1 fully saturated rings. The van der Waals surface area contributed by atoms with Gasteiger partial charge >= 0.3 is 0 Å². The summed E-state index contributed by atoms with van der Waals surface area (Å²) < 4.78 is 12.9. The van der Waals surface area contributed by atoms with Crippen LogP contribution in [0, 0.1) is 5.82 Å². The van der Waals surface area contributed by atoms with Crippen LogP contribution in [-0.4, -0.2) is 9.97 Å². The minimum atomic E-state index is -0.199. The van der Waals surface area contributed by atoms with E-state index in [9.17, 15) is 4.39 Å². The summed E-state index contributed by atoms with van der Waals surface area (Å²) in [6, 6.07) is 6.59. The van der Waals surface area contributed by atoms with E-state index in [4.69, 9.17) is 4.98 Å². The third kappa shape index (κ3) is 2.80. The van der Waals surface area contributed by atoms with Gasteiger partial charge in [0.15, 0.2) is 0 Å². The van der Waals surface area contributed by atoms with Gasteiger partial charge in [-0.2, -0.15) is 0 Å². The summed E-state index contributed by atoms with van der Waals surface area (Å²) in [5.41, 5.74) is 3.76. The minimum Gasteiger partial charge on any atom is -0.307 e. The van der Waals surface area contributed by atoms with Crippen molar-refractivity contribution in [3.05, 3.63) is 52.9 Å². The van der Waals surface area contributed by atoms with Crippen LogP contribution in [0.15, 0.2) is 29.2 Å². The van der Waals surface area contributed by atoms with Gasteiger partial charge in [-0.1, -0.05) is 0 Å². The molecule has 3 nitrogen and oxygen atoms in total. The van der Waals surface area contributed by atoms with Gasteiger partial charge in [0.05, 0.1) is 17.1 Å². The number of nitrogens with one attached hydrogen (secondary N) is 1. The number of hydrogen-bond donors (Lipinski definition) is 1. The van der Waals surface area contributed by atoms with Gasteiger partial charge in [-0.15, -0.1) is 11.8 Å². The van der Waals surface area contributed by atoms with E-state index in [1.54, 1.807) is 23.9 Å². The molecule has 1 N–H and O–H groups in total. The summed E-state index contributed by atoms with van der Waals surface area (Å²) in [6.45, 7) is 1.76. The maximum atomic E-state index is 12.9. The lowest BCUT2D eigenvalue weighted by atomic mass is 10.1. The predicted octanol–water partition coefficient (Wildman–Crippen LogP) is 3.39. The molecule has 2 heterocycles. The lowest BCUT2D eigenvalue weighted by Gasteiger charge is -2.08. The monoisotopic (exact) mass is 301 g/mol. The second-order valence-corrected chi connectivity index (χ2v) is 6.62. The maximum Gasteiger partial charge on any atom is 0.139 e. The van der Waals surface area contributed by atoms with Crippen LogP contribution in [-0.2, 0) is 18.8 Å². The highest BCUT2D eigenvalue weighted by molar-refractivity contribution is 7.98. The first-order valence-corrected chi connectivity index (χ1v) is 8.26. The van der Waals surface area contributed by atoms with Gasteiger partial charge in [0.25, 0.3) is 0 Å². The normalized spacial score (nSPS) is 17.0. The molecule has 0 amide bonds. The van der Waals surface area contributed by atoms with Crippen LogP contribution in [0.5, 0.6) is 0 Å². The standard InChI is InChI=1S/C16H16FN3S/c17-11-3-5-12(6-4-11)21-9-15-19-14-8-18-7-13(14)16(20-15)10-1-2-10/h3-6,10,18H,1-2,7-9H2. The number of thioether (sulfide) groups is 1. The Morgan fingerprint density at radius 2 is 1.95 bits per heavy atom. The Bertz CT molecular complexity index is 668. The first-order valence-electron chi connectivity index (χ1n) is 7.27. The zero-order valence-corrected chi connectivity index (χ0v) is 12.4. The van der Waals surface area contributed by atoms with Crippen molar-refractivity contribution in [1.82, 2.24) is 15.3 Å². The lowest BCUT2D eigenvalue weighted by molar-refractivity contribution is 0.626. The molecule has 0 unspecified atom stereocenters. The summed E-state index contributed by atoms with van der Waals surface area (Å²) in [4.78, 5) is 10.5. The molecule has 1 saturated carbocycles. The Hall–Kier alpha value is -1.46. The van der Waals surface area contributed by atoms with Gasteiger partial charge in [0.2, 0.25) is 0 Å². The maximum absolute atomic E-state index is 12.9. The van der Waals surface area contributed by atoms with Crippen molar-refractivity contribution in [1.29, 1.82) is 0 Å². The fourth-order valence-corrected chi connectivity index (χ4v) is 3.44. The van der Waals surface area contributed by atoms with E-state index in [-0.39, 0.29) is 5.82 Å². The van der Waals surface area contributed by atoms with E-state index in [2.05, 4.69) is 10.3 Å². The third-order valence-electron chi connectivity index (χ3n) is 3.91. The van der Waals surface area contributed by atoms with Gasteiger partial charge in [-0.05, 0) is 37.1 Å². The Balaban J connectivity index is 1.55. The molecule has 0 bridgehead atoms. The molecule has 1 aliphatic carbocycles. The van der Waals surface area contributed by atoms with Crippen molar-refractivity contribution in [3.63, 3.8) is 0 Å². The molecule has 1 aromatic heterocycles. The molecule has 2 aromatic rings. The highest BCUT2D eigenvalue weighted by atomic mass is 32.2. The summed E-state index contributed by atoms with van der Waals surface area (Å²) in [7, 11) is 0. The molecule has 108 valence electrons. The van der Waals surface area contributed by atoms with Crippen LogP contribution in [0.4, 0.5) is 4.39 Å². The molecular weight excluding hydrogens is 285 g/mol. The fraction of sp³-hybridized carbons (Fsp3) is 0.375. The van der Waals surface area contributed by atoms with Crippen molar-refractivity contribution >= 4 is 11.8 Å². The summed E-state index contributed by atoms with van der Waals surface area (Å²) in [6.07, 6.45) is 2.52.